The highest BCUT2D eigenvalue weighted by Crippen LogP contribution is 2.36. The molecule has 0 aromatic carbocycles. The van der Waals surface area contributed by atoms with Crippen molar-refractivity contribution in [3.05, 3.63) is 21.9 Å². The average molecular weight is 277 g/mol. The Bertz CT molecular complexity index is 494. The van der Waals surface area contributed by atoms with Gasteiger partial charge < -0.3 is 10.4 Å². The number of carbonyl (C=O) groups excluding carboxylic acids is 1. The molecule has 2 rings (SSSR count). The van der Waals surface area contributed by atoms with Gasteiger partial charge in [0.1, 0.15) is 0 Å². The van der Waals surface area contributed by atoms with Gasteiger partial charge in [0.25, 0.3) is 5.91 Å². The Morgan fingerprint density at radius 3 is 3.11 bits per heavy atom. The summed E-state index contributed by atoms with van der Waals surface area (Å²) < 4.78 is 0. The monoisotopic (exact) mass is 277 g/mol. The molecule has 0 aliphatic heterocycles. The van der Waals surface area contributed by atoms with Crippen LogP contribution in [-0.2, 0) is 0 Å². The van der Waals surface area contributed by atoms with Crippen molar-refractivity contribution in [2.75, 3.05) is 13.2 Å². The second-order valence-electron chi connectivity index (χ2n) is 5.00. The van der Waals surface area contributed by atoms with Gasteiger partial charge in [-0.15, -0.1) is 11.3 Å². The minimum absolute atomic E-state index is 0.0149. The van der Waals surface area contributed by atoms with E-state index in [0.717, 1.165) is 17.3 Å². The van der Waals surface area contributed by atoms with Crippen LogP contribution >= 0.6 is 11.3 Å². The summed E-state index contributed by atoms with van der Waals surface area (Å²) in [5.74, 6) is 7.17. The molecule has 1 amide bonds. The Morgan fingerprint density at radius 2 is 2.42 bits per heavy atom. The van der Waals surface area contributed by atoms with Crippen LogP contribution in [0.2, 0.25) is 0 Å². The van der Waals surface area contributed by atoms with E-state index in [1.807, 2.05) is 11.4 Å². The van der Waals surface area contributed by atoms with E-state index in [9.17, 15) is 4.79 Å². The quantitative estimate of drug-likeness (QED) is 0.811. The highest BCUT2D eigenvalue weighted by atomic mass is 32.1. The van der Waals surface area contributed by atoms with Crippen LogP contribution in [0.4, 0.5) is 0 Å². The van der Waals surface area contributed by atoms with Gasteiger partial charge in [-0.05, 0) is 30.7 Å². The van der Waals surface area contributed by atoms with Crippen molar-refractivity contribution in [1.29, 1.82) is 0 Å². The third-order valence-corrected chi connectivity index (χ3v) is 4.17. The van der Waals surface area contributed by atoms with Gasteiger partial charge in [0.15, 0.2) is 0 Å². The number of aliphatic hydroxyl groups is 1. The van der Waals surface area contributed by atoms with Gasteiger partial charge in [-0.25, -0.2) is 0 Å². The van der Waals surface area contributed by atoms with Crippen LogP contribution in [0.3, 0.4) is 0 Å². The molecule has 1 heterocycles. The number of carbonyl (C=O) groups is 1. The Hall–Kier alpha value is -1.31. The fourth-order valence-electron chi connectivity index (χ4n) is 1.91. The molecular formula is C15H19NO2S. The molecule has 0 saturated heterocycles. The second kappa shape index (κ2) is 6.74. The van der Waals surface area contributed by atoms with Gasteiger partial charge in [0.05, 0.1) is 17.0 Å². The summed E-state index contributed by atoms with van der Waals surface area (Å²) in [4.78, 5) is 12.8. The first-order valence-corrected chi connectivity index (χ1v) is 7.55. The molecule has 0 bridgehead atoms. The zero-order valence-corrected chi connectivity index (χ0v) is 11.9. The topological polar surface area (TPSA) is 49.3 Å². The van der Waals surface area contributed by atoms with Crippen molar-refractivity contribution in [3.63, 3.8) is 0 Å². The van der Waals surface area contributed by atoms with Crippen LogP contribution < -0.4 is 5.32 Å². The van der Waals surface area contributed by atoms with Gasteiger partial charge in [0.2, 0.25) is 0 Å². The van der Waals surface area contributed by atoms with Gasteiger partial charge >= 0.3 is 0 Å². The van der Waals surface area contributed by atoms with E-state index in [1.54, 1.807) is 0 Å². The molecule has 1 unspecified atom stereocenters. The van der Waals surface area contributed by atoms with E-state index in [4.69, 9.17) is 5.11 Å². The van der Waals surface area contributed by atoms with E-state index in [0.29, 0.717) is 17.9 Å². The van der Waals surface area contributed by atoms with Gasteiger partial charge in [-0.2, -0.15) is 0 Å². The molecule has 0 spiro atoms. The minimum Gasteiger partial charge on any atom is -0.395 e. The Kier molecular flexibility index (Phi) is 5.00. The van der Waals surface area contributed by atoms with Crippen molar-refractivity contribution in [2.24, 2.45) is 11.8 Å². The molecule has 0 radical (unpaired) electrons. The molecule has 1 atom stereocenters. The number of thiophene rings is 1. The molecule has 1 aromatic rings. The van der Waals surface area contributed by atoms with Gasteiger partial charge in [-0.3, -0.25) is 4.79 Å². The molecule has 1 aromatic heterocycles. The third kappa shape index (κ3) is 4.38. The molecule has 4 heteroatoms. The first-order valence-electron chi connectivity index (χ1n) is 6.67. The standard InChI is InChI=1S/C15H19NO2S/c1-11(12-5-6-12)9-16-15(18)13-8-14(19-10-13)4-2-3-7-17/h8,10-12,17H,3,5-7,9H2,1H3,(H,16,18). The van der Waals surface area contributed by atoms with Crippen LogP contribution in [0, 0.1) is 23.7 Å². The average Bonchev–Trinajstić information content (AvgIpc) is 3.16. The maximum Gasteiger partial charge on any atom is 0.252 e. The SMILES string of the molecule is CC(CNC(=O)c1csc(C#CCCO)c1)C1CC1. The predicted octanol–water partition coefficient (Wildman–Crippen LogP) is 2.26. The van der Waals surface area contributed by atoms with Gasteiger partial charge in [-0.1, -0.05) is 18.8 Å². The third-order valence-electron chi connectivity index (χ3n) is 3.32. The molecule has 1 aliphatic rings. The van der Waals surface area contributed by atoms with Crippen molar-refractivity contribution < 1.29 is 9.90 Å². The summed E-state index contributed by atoms with van der Waals surface area (Å²) in [7, 11) is 0. The molecule has 3 nitrogen and oxygen atoms in total. The number of hydrogen-bond acceptors (Lipinski definition) is 3. The van der Waals surface area contributed by atoms with Crippen LogP contribution in [0.1, 0.15) is 41.4 Å². The summed E-state index contributed by atoms with van der Waals surface area (Å²) in [5.41, 5.74) is 0.682. The number of rotatable bonds is 5. The fourth-order valence-corrected chi connectivity index (χ4v) is 2.67. The molecule has 19 heavy (non-hydrogen) atoms. The minimum atomic E-state index is -0.0149. The molecule has 2 N–H and O–H groups in total. The zero-order valence-electron chi connectivity index (χ0n) is 11.1. The molecule has 102 valence electrons. The summed E-state index contributed by atoms with van der Waals surface area (Å²) in [6.07, 6.45) is 3.08. The van der Waals surface area contributed by atoms with Crippen molar-refractivity contribution in [2.45, 2.75) is 26.2 Å². The van der Waals surface area contributed by atoms with E-state index >= 15 is 0 Å². The highest BCUT2D eigenvalue weighted by molar-refractivity contribution is 7.10. The van der Waals surface area contributed by atoms with Crippen molar-refractivity contribution >= 4 is 17.2 Å². The summed E-state index contributed by atoms with van der Waals surface area (Å²) in [5, 5.41) is 13.5. The Labute approximate surface area is 118 Å². The van der Waals surface area contributed by atoms with Crippen LogP contribution in [0.25, 0.3) is 0 Å². The van der Waals surface area contributed by atoms with E-state index in [-0.39, 0.29) is 12.5 Å². The lowest BCUT2D eigenvalue weighted by Gasteiger charge is -2.10. The van der Waals surface area contributed by atoms with E-state index in [1.165, 1.54) is 24.2 Å². The Morgan fingerprint density at radius 1 is 1.63 bits per heavy atom. The maximum atomic E-state index is 11.9. The van der Waals surface area contributed by atoms with Crippen LogP contribution in [0.15, 0.2) is 11.4 Å². The summed E-state index contributed by atoms with van der Waals surface area (Å²) >= 11 is 1.47. The lowest BCUT2D eigenvalue weighted by atomic mass is 10.1. The lowest BCUT2D eigenvalue weighted by molar-refractivity contribution is 0.0947. The smallest absolute Gasteiger partial charge is 0.252 e. The molecule has 1 aliphatic carbocycles. The number of hydrogen-bond donors (Lipinski definition) is 2. The largest absolute Gasteiger partial charge is 0.395 e. The number of amides is 1. The highest BCUT2D eigenvalue weighted by Gasteiger charge is 2.27. The maximum absolute atomic E-state index is 11.9. The number of aliphatic hydroxyl groups excluding tert-OH is 1. The fraction of sp³-hybridized carbons (Fsp3) is 0.533. The lowest BCUT2D eigenvalue weighted by Crippen LogP contribution is -2.28. The predicted molar refractivity (Wildman–Crippen MR) is 77.1 cm³/mol. The second-order valence-corrected chi connectivity index (χ2v) is 5.91. The molecule has 1 saturated carbocycles. The van der Waals surface area contributed by atoms with E-state index in [2.05, 4.69) is 24.1 Å². The number of nitrogens with one attached hydrogen (secondary N) is 1. The first kappa shape index (κ1) is 14.1. The normalized spacial score (nSPS) is 15.5. The van der Waals surface area contributed by atoms with Crippen LogP contribution in [-0.4, -0.2) is 24.2 Å². The molecule has 1 fully saturated rings. The van der Waals surface area contributed by atoms with Crippen molar-refractivity contribution in [3.8, 4) is 11.8 Å². The molecular weight excluding hydrogens is 258 g/mol. The van der Waals surface area contributed by atoms with Crippen LogP contribution in [0.5, 0.6) is 0 Å². The zero-order chi connectivity index (χ0) is 13.7. The van der Waals surface area contributed by atoms with E-state index < -0.39 is 0 Å². The summed E-state index contributed by atoms with van der Waals surface area (Å²) in [6.45, 7) is 3.02. The Balaban J connectivity index is 1.83. The summed E-state index contributed by atoms with van der Waals surface area (Å²) in [6, 6.07) is 1.81. The van der Waals surface area contributed by atoms with Gasteiger partial charge in [0, 0.05) is 18.3 Å². The van der Waals surface area contributed by atoms with Crippen molar-refractivity contribution in [1.82, 2.24) is 5.32 Å². The first-order chi connectivity index (χ1) is 9.20.